The predicted octanol–water partition coefficient (Wildman–Crippen LogP) is 2.83. The molecule has 0 saturated heterocycles. The Hall–Kier alpha value is -0.140. The molecule has 1 saturated carbocycles. The van der Waals surface area contributed by atoms with Gasteiger partial charge < -0.3 is 0 Å². The van der Waals surface area contributed by atoms with E-state index >= 15 is 0 Å². The zero-order chi connectivity index (χ0) is 6.91. The number of hydrogen-bond donors (Lipinski definition) is 0. The van der Waals surface area contributed by atoms with Gasteiger partial charge in [-0.15, -0.1) is 0 Å². The van der Waals surface area contributed by atoms with Gasteiger partial charge in [0.15, 0.2) is 0 Å². The van der Waals surface area contributed by atoms with Crippen molar-refractivity contribution in [1.29, 1.82) is 0 Å². The SMILES string of the molecule is C[C@@H]1CCCCC1(F)F. The van der Waals surface area contributed by atoms with Crippen molar-refractivity contribution in [3.05, 3.63) is 0 Å². The first-order valence-corrected chi connectivity index (χ1v) is 3.51. The van der Waals surface area contributed by atoms with Crippen LogP contribution in [0.25, 0.3) is 0 Å². The van der Waals surface area contributed by atoms with Crippen LogP contribution in [0.1, 0.15) is 32.6 Å². The van der Waals surface area contributed by atoms with E-state index in [0.717, 1.165) is 6.42 Å². The molecule has 1 fully saturated rings. The molecule has 0 spiro atoms. The number of rotatable bonds is 0. The van der Waals surface area contributed by atoms with Crippen molar-refractivity contribution in [3.8, 4) is 0 Å². The van der Waals surface area contributed by atoms with Gasteiger partial charge in [0.25, 0.3) is 5.92 Å². The van der Waals surface area contributed by atoms with Crippen LogP contribution in [0.4, 0.5) is 8.78 Å². The third kappa shape index (κ3) is 1.41. The lowest BCUT2D eigenvalue weighted by molar-refractivity contribution is -0.0783. The van der Waals surface area contributed by atoms with Gasteiger partial charge in [0.1, 0.15) is 0 Å². The molecule has 2 heteroatoms. The number of alkyl halides is 2. The normalized spacial score (nSPS) is 34.3. The molecule has 1 atom stereocenters. The van der Waals surface area contributed by atoms with Gasteiger partial charge in [-0.1, -0.05) is 13.3 Å². The van der Waals surface area contributed by atoms with Crippen LogP contribution in [-0.4, -0.2) is 5.92 Å². The van der Waals surface area contributed by atoms with Crippen LogP contribution in [0, 0.1) is 5.92 Å². The van der Waals surface area contributed by atoms with Crippen LogP contribution < -0.4 is 0 Å². The lowest BCUT2D eigenvalue weighted by atomic mass is 9.87. The number of hydrogen-bond acceptors (Lipinski definition) is 0. The Kier molecular flexibility index (Phi) is 1.73. The maximum Gasteiger partial charge on any atom is 0.250 e. The van der Waals surface area contributed by atoms with Crippen molar-refractivity contribution in [2.24, 2.45) is 5.92 Å². The van der Waals surface area contributed by atoms with E-state index in [1.807, 2.05) is 0 Å². The van der Waals surface area contributed by atoms with Crippen LogP contribution in [0.3, 0.4) is 0 Å². The summed E-state index contributed by atoms with van der Waals surface area (Å²) >= 11 is 0. The zero-order valence-corrected chi connectivity index (χ0v) is 5.66. The number of halogens is 2. The van der Waals surface area contributed by atoms with Gasteiger partial charge in [-0.3, -0.25) is 0 Å². The smallest absolute Gasteiger partial charge is 0.207 e. The van der Waals surface area contributed by atoms with Crippen LogP contribution in [-0.2, 0) is 0 Å². The Morgan fingerprint density at radius 3 is 2.33 bits per heavy atom. The van der Waals surface area contributed by atoms with Gasteiger partial charge in [-0.25, -0.2) is 8.78 Å². The molecule has 0 aliphatic heterocycles. The highest BCUT2D eigenvalue weighted by Gasteiger charge is 2.37. The standard InChI is InChI=1S/C7H12F2/c1-6-4-2-3-5-7(6,8)9/h6H,2-5H2,1H3/t6-/m1/s1. The third-order valence-corrected chi connectivity index (χ3v) is 2.12. The maximum atomic E-state index is 12.6. The second-order valence-corrected chi connectivity index (χ2v) is 2.91. The topological polar surface area (TPSA) is 0 Å². The highest BCUT2D eigenvalue weighted by Crippen LogP contribution is 2.37. The van der Waals surface area contributed by atoms with Crippen LogP contribution >= 0.6 is 0 Å². The quantitative estimate of drug-likeness (QED) is 0.478. The van der Waals surface area contributed by atoms with Crippen LogP contribution in [0.15, 0.2) is 0 Å². The van der Waals surface area contributed by atoms with E-state index in [2.05, 4.69) is 0 Å². The molecule has 0 aromatic heterocycles. The molecule has 1 aliphatic rings. The average molecular weight is 134 g/mol. The summed E-state index contributed by atoms with van der Waals surface area (Å²) in [5.41, 5.74) is 0. The summed E-state index contributed by atoms with van der Waals surface area (Å²) in [7, 11) is 0. The average Bonchev–Trinajstić information content (AvgIpc) is 1.77. The van der Waals surface area contributed by atoms with Crippen molar-refractivity contribution in [2.45, 2.75) is 38.5 Å². The predicted molar refractivity (Wildman–Crippen MR) is 32.6 cm³/mol. The fourth-order valence-electron chi connectivity index (χ4n) is 1.27. The molecular formula is C7H12F2. The molecule has 0 aromatic rings. The van der Waals surface area contributed by atoms with Gasteiger partial charge in [0.2, 0.25) is 0 Å². The summed E-state index contributed by atoms with van der Waals surface area (Å²) in [4.78, 5) is 0. The third-order valence-electron chi connectivity index (χ3n) is 2.12. The molecule has 0 nitrogen and oxygen atoms in total. The molecule has 1 rings (SSSR count). The Morgan fingerprint density at radius 1 is 1.33 bits per heavy atom. The van der Waals surface area contributed by atoms with Gasteiger partial charge in [-0.2, -0.15) is 0 Å². The van der Waals surface area contributed by atoms with Gasteiger partial charge >= 0.3 is 0 Å². The monoisotopic (exact) mass is 134 g/mol. The Labute approximate surface area is 54.3 Å². The molecule has 0 aromatic carbocycles. The molecule has 1 aliphatic carbocycles. The van der Waals surface area contributed by atoms with E-state index < -0.39 is 5.92 Å². The summed E-state index contributed by atoms with van der Waals surface area (Å²) in [5, 5.41) is 0. The van der Waals surface area contributed by atoms with Crippen molar-refractivity contribution >= 4 is 0 Å². The minimum Gasteiger partial charge on any atom is -0.207 e. The summed E-state index contributed by atoms with van der Waals surface area (Å²) in [6.07, 6.45) is 2.50. The Morgan fingerprint density at radius 2 is 2.00 bits per heavy atom. The summed E-state index contributed by atoms with van der Waals surface area (Å²) in [6, 6.07) is 0. The first-order chi connectivity index (χ1) is 4.13. The second kappa shape index (κ2) is 2.24. The molecule has 0 unspecified atom stereocenters. The zero-order valence-electron chi connectivity index (χ0n) is 5.66. The molecule has 0 amide bonds. The van der Waals surface area contributed by atoms with E-state index in [0.29, 0.717) is 12.8 Å². The van der Waals surface area contributed by atoms with E-state index in [1.165, 1.54) is 0 Å². The fraction of sp³-hybridized carbons (Fsp3) is 1.00. The molecule has 0 N–H and O–H groups in total. The van der Waals surface area contributed by atoms with Crippen molar-refractivity contribution < 1.29 is 8.78 Å². The first kappa shape index (κ1) is 6.97. The van der Waals surface area contributed by atoms with Gasteiger partial charge in [-0.05, 0) is 12.8 Å². The largest absolute Gasteiger partial charge is 0.250 e. The highest BCUT2D eigenvalue weighted by molar-refractivity contribution is 4.77. The fourth-order valence-corrected chi connectivity index (χ4v) is 1.27. The van der Waals surface area contributed by atoms with Crippen LogP contribution in [0.2, 0.25) is 0 Å². The van der Waals surface area contributed by atoms with Crippen molar-refractivity contribution in [1.82, 2.24) is 0 Å². The van der Waals surface area contributed by atoms with Crippen LogP contribution in [0.5, 0.6) is 0 Å². The van der Waals surface area contributed by atoms with E-state index in [9.17, 15) is 8.78 Å². The molecule has 0 radical (unpaired) electrons. The summed E-state index contributed by atoms with van der Waals surface area (Å²) < 4.78 is 25.2. The van der Waals surface area contributed by atoms with E-state index in [-0.39, 0.29) is 12.3 Å². The summed E-state index contributed by atoms with van der Waals surface area (Å²) in [6.45, 7) is 1.64. The second-order valence-electron chi connectivity index (χ2n) is 2.91. The molecule has 9 heavy (non-hydrogen) atoms. The molecule has 0 heterocycles. The molecular weight excluding hydrogens is 122 g/mol. The molecule has 0 bridgehead atoms. The van der Waals surface area contributed by atoms with Crippen molar-refractivity contribution in [3.63, 3.8) is 0 Å². The lowest BCUT2D eigenvalue weighted by Gasteiger charge is -2.27. The minimum absolute atomic E-state index is 0.105. The molecule has 54 valence electrons. The minimum atomic E-state index is -2.36. The Balaban J connectivity index is 2.49. The maximum absolute atomic E-state index is 12.6. The lowest BCUT2D eigenvalue weighted by Crippen LogP contribution is -2.29. The van der Waals surface area contributed by atoms with E-state index in [4.69, 9.17) is 0 Å². The summed E-state index contributed by atoms with van der Waals surface area (Å²) in [5.74, 6) is -2.75. The highest BCUT2D eigenvalue weighted by atomic mass is 19.3. The van der Waals surface area contributed by atoms with E-state index in [1.54, 1.807) is 6.92 Å². The first-order valence-electron chi connectivity index (χ1n) is 3.51. The van der Waals surface area contributed by atoms with Gasteiger partial charge in [0, 0.05) is 12.3 Å². The van der Waals surface area contributed by atoms with Crippen molar-refractivity contribution in [2.75, 3.05) is 0 Å². The van der Waals surface area contributed by atoms with Gasteiger partial charge in [0.05, 0.1) is 0 Å². The Bertz CT molecular complexity index is 99.1.